The number of rotatable bonds is 2. The maximum absolute atomic E-state index is 11.6. The van der Waals surface area contributed by atoms with Gasteiger partial charge in [-0.2, -0.15) is 18.5 Å². The van der Waals surface area contributed by atoms with Crippen LogP contribution in [-0.4, -0.2) is 30.3 Å². The van der Waals surface area contributed by atoms with Gasteiger partial charge in [-0.25, -0.2) is 0 Å². The van der Waals surface area contributed by atoms with Crippen molar-refractivity contribution in [2.75, 3.05) is 5.01 Å². The summed E-state index contributed by atoms with van der Waals surface area (Å²) < 4.78 is 30.5. The van der Waals surface area contributed by atoms with Gasteiger partial charge < -0.3 is 1.43 Å². The van der Waals surface area contributed by atoms with E-state index in [9.17, 15) is 13.2 Å². The van der Waals surface area contributed by atoms with Gasteiger partial charge in [0.2, 0.25) is 5.25 Å². The molecule has 17 heavy (non-hydrogen) atoms. The van der Waals surface area contributed by atoms with Crippen molar-refractivity contribution in [2.45, 2.75) is 5.25 Å². The Morgan fingerprint density at radius 2 is 1.88 bits per heavy atom. The van der Waals surface area contributed by atoms with Crippen LogP contribution in [0.5, 0.6) is 0 Å². The maximum atomic E-state index is 11.6. The maximum Gasteiger partial charge on any atom is 1.00 e. The van der Waals surface area contributed by atoms with E-state index in [0.29, 0.717) is 5.69 Å². The standard InChI is InChI=1S/C9H8N2O4S.Na.H/c12-9-8(16(13,14)15)6-10-11(9)7-4-2-1-3-5-7;;/h1-6,8H,(H,13,14,15);;/q;+1;-1. The Kier molecular flexibility index (Phi) is 4.45. The van der Waals surface area contributed by atoms with Crippen LogP contribution in [0.15, 0.2) is 35.4 Å². The van der Waals surface area contributed by atoms with Crippen molar-refractivity contribution in [1.82, 2.24) is 0 Å². The van der Waals surface area contributed by atoms with Crippen LogP contribution in [0, 0.1) is 0 Å². The fourth-order valence-corrected chi connectivity index (χ4v) is 1.90. The SMILES string of the molecule is O=C1C(S(=O)(=O)O)C=NN1c1ccccc1.[H-].[Na+]. The van der Waals surface area contributed by atoms with Gasteiger partial charge in [0.25, 0.3) is 16.0 Å². The topological polar surface area (TPSA) is 87.0 Å². The summed E-state index contributed by atoms with van der Waals surface area (Å²) in [5.74, 6) is -0.784. The number of carbonyl (C=O) groups excluding carboxylic acids is 1. The molecule has 1 aliphatic rings. The van der Waals surface area contributed by atoms with Gasteiger partial charge in [0.15, 0.2) is 0 Å². The first-order chi connectivity index (χ1) is 7.50. The van der Waals surface area contributed by atoms with Gasteiger partial charge in [-0.15, -0.1) is 0 Å². The minimum atomic E-state index is -4.43. The molecule has 0 saturated carbocycles. The molecule has 0 aromatic heterocycles. The molecule has 8 heteroatoms. The second kappa shape index (κ2) is 5.28. The molecule has 1 heterocycles. The molecule has 0 radical (unpaired) electrons. The van der Waals surface area contributed by atoms with Gasteiger partial charge in [0.1, 0.15) is 0 Å². The van der Waals surface area contributed by atoms with E-state index < -0.39 is 21.3 Å². The van der Waals surface area contributed by atoms with Crippen molar-refractivity contribution < 1.29 is 48.7 Å². The fraction of sp³-hybridized carbons (Fsp3) is 0.111. The molecule has 86 valence electrons. The van der Waals surface area contributed by atoms with Crippen LogP contribution in [0.3, 0.4) is 0 Å². The summed E-state index contributed by atoms with van der Waals surface area (Å²) in [7, 11) is -4.43. The molecule has 1 aromatic rings. The number of hydrazone groups is 1. The minimum Gasteiger partial charge on any atom is -1.00 e. The summed E-state index contributed by atoms with van der Waals surface area (Å²) in [6.07, 6.45) is 0.907. The Balaban J connectivity index is 0.00000144. The molecule has 0 saturated heterocycles. The Morgan fingerprint density at radius 1 is 1.29 bits per heavy atom. The number of amides is 1. The third-order valence-corrected chi connectivity index (χ3v) is 3.06. The number of hydrogen-bond donors (Lipinski definition) is 1. The van der Waals surface area contributed by atoms with E-state index >= 15 is 0 Å². The van der Waals surface area contributed by atoms with Crippen molar-refractivity contribution in [3.63, 3.8) is 0 Å². The first-order valence-electron chi connectivity index (χ1n) is 4.39. The summed E-state index contributed by atoms with van der Waals surface area (Å²) >= 11 is 0. The molecular weight excluding hydrogens is 255 g/mol. The number of hydrogen-bond acceptors (Lipinski definition) is 4. The molecule has 0 fully saturated rings. The van der Waals surface area contributed by atoms with Gasteiger partial charge in [0.05, 0.1) is 11.9 Å². The predicted molar refractivity (Wildman–Crippen MR) is 58.9 cm³/mol. The third kappa shape index (κ3) is 2.93. The Hall–Kier alpha value is -0.730. The average molecular weight is 264 g/mol. The molecule has 1 atom stereocenters. The Morgan fingerprint density at radius 3 is 2.35 bits per heavy atom. The zero-order valence-corrected chi connectivity index (χ0v) is 11.8. The van der Waals surface area contributed by atoms with Crippen molar-refractivity contribution in [1.29, 1.82) is 0 Å². The van der Waals surface area contributed by atoms with Crippen LogP contribution in [0.1, 0.15) is 1.43 Å². The van der Waals surface area contributed by atoms with E-state index in [2.05, 4.69) is 5.10 Å². The van der Waals surface area contributed by atoms with Gasteiger partial charge in [-0.3, -0.25) is 9.35 Å². The van der Waals surface area contributed by atoms with E-state index in [0.717, 1.165) is 11.2 Å². The van der Waals surface area contributed by atoms with Crippen molar-refractivity contribution in [3.05, 3.63) is 30.3 Å². The molecule has 1 aromatic carbocycles. The smallest absolute Gasteiger partial charge is 1.00 e. The van der Waals surface area contributed by atoms with Gasteiger partial charge in [-0.1, -0.05) is 18.2 Å². The van der Waals surface area contributed by atoms with E-state index in [1.165, 1.54) is 0 Å². The predicted octanol–water partition coefficient (Wildman–Crippen LogP) is -2.61. The first-order valence-corrected chi connectivity index (χ1v) is 5.90. The van der Waals surface area contributed by atoms with Gasteiger partial charge >= 0.3 is 29.6 Å². The van der Waals surface area contributed by atoms with E-state index in [1.807, 2.05) is 0 Å². The normalized spacial score (nSPS) is 19.2. The first kappa shape index (κ1) is 14.3. The summed E-state index contributed by atoms with van der Waals surface area (Å²) in [6.45, 7) is 0. The Labute approximate surface area is 122 Å². The van der Waals surface area contributed by atoms with Crippen molar-refractivity contribution >= 4 is 27.9 Å². The number of para-hydroxylation sites is 1. The molecule has 0 spiro atoms. The fourth-order valence-electron chi connectivity index (χ4n) is 1.34. The molecule has 0 bridgehead atoms. The quantitative estimate of drug-likeness (QED) is 0.468. The van der Waals surface area contributed by atoms with E-state index in [4.69, 9.17) is 4.55 Å². The molecule has 1 amide bonds. The summed E-state index contributed by atoms with van der Waals surface area (Å²) in [6, 6.07) is 8.37. The zero-order valence-electron chi connectivity index (χ0n) is 10.0. The third-order valence-electron chi connectivity index (χ3n) is 2.09. The van der Waals surface area contributed by atoms with Gasteiger partial charge in [0, 0.05) is 0 Å². The minimum absolute atomic E-state index is 0. The Bertz CT molecular complexity index is 549. The van der Waals surface area contributed by atoms with Crippen molar-refractivity contribution in [2.24, 2.45) is 5.10 Å². The number of carbonyl (C=O) groups is 1. The van der Waals surface area contributed by atoms with Crippen LogP contribution in [0.2, 0.25) is 0 Å². The summed E-state index contributed by atoms with van der Waals surface area (Å²) in [5.41, 5.74) is 0.454. The molecule has 0 aliphatic carbocycles. The molecule has 1 N–H and O–H groups in total. The van der Waals surface area contributed by atoms with Crippen LogP contribution in [0.4, 0.5) is 5.69 Å². The second-order valence-electron chi connectivity index (χ2n) is 3.19. The second-order valence-corrected chi connectivity index (χ2v) is 4.72. The monoisotopic (exact) mass is 264 g/mol. The van der Waals surface area contributed by atoms with Gasteiger partial charge in [-0.05, 0) is 12.1 Å². The largest absolute Gasteiger partial charge is 1.00 e. The number of anilines is 1. The van der Waals surface area contributed by atoms with E-state index in [1.54, 1.807) is 30.3 Å². The van der Waals surface area contributed by atoms with Crippen LogP contribution >= 0.6 is 0 Å². The molecule has 1 unspecified atom stereocenters. The van der Waals surface area contributed by atoms with Crippen LogP contribution in [-0.2, 0) is 14.9 Å². The number of nitrogens with zero attached hydrogens (tertiary/aromatic N) is 2. The molecule has 2 rings (SSSR count). The molecule has 6 nitrogen and oxygen atoms in total. The van der Waals surface area contributed by atoms with Crippen molar-refractivity contribution in [3.8, 4) is 0 Å². The number of benzene rings is 1. The van der Waals surface area contributed by atoms with E-state index in [-0.39, 0.29) is 31.0 Å². The molecule has 1 aliphatic heterocycles. The van der Waals surface area contributed by atoms with Crippen LogP contribution in [0.25, 0.3) is 0 Å². The summed E-state index contributed by atoms with van der Waals surface area (Å²) in [4.78, 5) is 11.6. The zero-order chi connectivity index (χ0) is 11.8. The average Bonchev–Trinajstić information content (AvgIpc) is 2.61. The summed E-state index contributed by atoms with van der Waals surface area (Å²) in [5, 5.41) is 2.99. The molecular formula is C9H9N2NaO4S. The van der Waals surface area contributed by atoms with Crippen LogP contribution < -0.4 is 34.6 Å².